The highest BCUT2D eigenvalue weighted by Gasteiger charge is 2.13. The third-order valence-electron chi connectivity index (χ3n) is 4.90. The molecule has 0 fully saturated rings. The van der Waals surface area contributed by atoms with Crippen LogP contribution in [0.4, 0.5) is 11.6 Å². The largest absolute Gasteiger partial charge is 0.494 e. The lowest BCUT2D eigenvalue weighted by atomic mass is 10.3. The van der Waals surface area contributed by atoms with E-state index in [0.29, 0.717) is 48.9 Å². The van der Waals surface area contributed by atoms with E-state index in [1.54, 1.807) is 21.8 Å². The van der Waals surface area contributed by atoms with Gasteiger partial charge in [-0.2, -0.15) is 14.8 Å². The highest BCUT2D eigenvalue weighted by atomic mass is 16.5. The Kier molecular flexibility index (Phi) is 5.13. The van der Waals surface area contributed by atoms with E-state index in [2.05, 4.69) is 36.0 Å². The number of anilines is 2. The summed E-state index contributed by atoms with van der Waals surface area (Å²) in [6.45, 7) is 1.69. The molecule has 6 bridgehead atoms. The third kappa shape index (κ3) is 4.29. The van der Waals surface area contributed by atoms with E-state index in [9.17, 15) is 4.79 Å². The molecule has 2 aliphatic heterocycles. The lowest BCUT2D eigenvalue weighted by molar-refractivity contribution is -0.121. The van der Waals surface area contributed by atoms with E-state index < -0.39 is 0 Å². The molecule has 5 heterocycles. The van der Waals surface area contributed by atoms with E-state index in [1.807, 2.05) is 30.5 Å². The van der Waals surface area contributed by atoms with Crippen molar-refractivity contribution in [1.29, 1.82) is 0 Å². The number of ether oxygens (including phenoxy) is 1. The SMILES string of the molecule is O=C1CCn2cc(cn2)-n2nnc3cnc(nc32)Nc2ccc(cc2)OCCCCN1. The molecule has 1 aromatic carbocycles. The highest BCUT2D eigenvalue weighted by molar-refractivity contribution is 5.75. The predicted octanol–water partition coefficient (Wildman–Crippen LogP) is 1.83. The van der Waals surface area contributed by atoms with Gasteiger partial charge in [0.1, 0.15) is 11.4 Å². The number of rotatable bonds is 0. The van der Waals surface area contributed by atoms with Gasteiger partial charge < -0.3 is 15.4 Å². The van der Waals surface area contributed by atoms with E-state index in [0.717, 1.165) is 24.3 Å². The molecule has 2 aliphatic rings. The number of aryl methyl sites for hydroxylation is 1. The number of aromatic nitrogens is 7. The summed E-state index contributed by atoms with van der Waals surface area (Å²) < 4.78 is 9.08. The summed E-state index contributed by atoms with van der Waals surface area (Å²) in [4.78, 5) is 21.0. The number of nitrogens with zero attached hydrogens (tertiary/aromatic N) is 7. The molecule has 11 heteroatoms. The molecule has 0 unspecified atom stereocenters. The highest BCUT2D eigenvalue weighted by Crippen LogP contribution is 2.20. The second-order valence-electron chi connectivity index (χ2n) is 7.17. The van der Waals surface area contributed by atoms with Gasteiger partial charge >= 0.3 is 0 Å². The van der Waals surface area contributed by atoms with Crippen LogP contribution in [0, 0.1) is 0 Å². The predicted molar refractivity (Wildman–Crippen MR) is 112 cm³/mol. The summed E-state index contributed by atoms with van der Waals surface area (Å²) in [5.74, 6) is 1.21. The summed E-state index contributed by atoms with van der Waals surface area (Å²) >= 11 is 0. The Morgan fingerprint density at radius 2 is 2.00 bits per heavy atom. The van der Waals surface area contributed by atoms with Gasteiger partial charge in [-0.05, 0) is 37.1 Å². The van der Waals surface area contributed by atoms with Crippen LogP contribution in [-0.2, 0) is 11.3 Å². The Labute approximate surface area is 177 Å². The molecule has 31 heavy (non-hydrogen) atoms. The fourth-order valence-electron chi connectivity index (χ4n) is 3.26. The quantitative estimate of drug-likeness (QED) is 0.442. The van der Waals surface area contributed by atoms with Crippen LogP contribution in [0.2, 0.25) is 0 Å². The lowest BCUT2D eigenvalue weighted by Gasteiger charge is -2.09. The van der Waals surface area contributed by atoms with Crippen LogP contribution in [0.5, 0.6) is 5.75 Å². The Bertz CT molecular complexity index is 1200. The number of fused-ring (bicyclic) bond motifs is 10. The molecule has 0 saturated carbocycles. The molecule has 0 radical (unpaired) electrons. The minimum Gasteiger partial charge on any atom is -0.494 e. The Morgan fingerprint density at radius 3 is 2.90 bits per heavy atom. The second kappa shape index (κ2) is 8.38. The average Bonchev–Trinajstić information content (AvgIpc) is 3.42. The van der Waals surface area contributed by atoms with Crippen LogP contribution in [0.3, 0.4) is 0 Å². The normalized spacial score (nSPS) is 15.2. The van der Waals surface area contributed by atoms with Gasteiger partial charge in [-0.1, -0.05) is 5.21 Å². The van der Waals surface area contributed by atoms with Crippen LogP contribution in [0.25, 0.3) is 16.9 Å². The number of amides is 1. The van der Waals surface area contributed by atoms with E-state index in [1.165, 1.54) is 0 Å². The van der Waals surface area contributed by atoms with Crippen LogP contribution in [0.15, 0.2) is 42.9 Å². The molecule has 0 spiro atoms. The van der Waals surface area contributed by atoms with Crippen molar-refractivity contribution >= 4 is 28.7 Å². The van der Waals surface area contributed by atoms with Crippen molar-refractivity contribution in [3.05, 3.63) is 42.9 Å². The molecule has 3 aromatic heterocycles. The second-order valence-corrected chi connectivity index (χ2v) is 7.17. The van der Waals surface area contributed by atoms with Gasteiger partial charge in [0.05, 0.1) is 25.2 Å². The van der Waals surface area contributed by atoms with Crippen LogP contribution < -0.4 is 15.4 Å². The summed E-state index contributed by atoms with van der Waals surface area (Å²) in [6, 6.07) is 7.60. The zero-order chi connectivity index (χ0) is 21.0. The molecule has 0 atom stereocenters. The van der Waals surface area contributed by atoms with Gasteiger partial charge in [0, 0.05) is 25.2 Å². The van der Waals surface area contributed by atoms with Crippen LogP contribution >= 0.6 is 0 Å². The van der Waals surface area contributed by atoms with Crippen molar-refractivity contribution in [2.24, 2.45) is 0 Å². The Balaban J connectivity index is 1.46. The van der Waals surface area contributed by atoms with Crippen molar-refractivity contribution in [3.8, 4) is 11.4 Å². The summed E-state index contributed by atoms with van der Waals surface area (Å²) in [6.07, 6.45) is 7.16. The average molecular weight is 419 g/mol. The first-order valence-corrected chi connectivity index (χ1v) is 10.1. The standard InChI is InChI=1S/C20H21N9O2/c30-18-7-9-28-13-15(11-23-28)29-19-17(26-27-29)12-22-20(25-19)24-14-3-5-16(6-4-14)31-10-2-1-8-21-18/h3-6,11-13H,1-2,7-10H2,(H,21,30)(H,22,24,25). The zero-order valence-electron chi connectivity index (χ0n) is 16.7. The third-order valence-corrected chi connectivity index (χ3v) is 4.90. The number of hydrogen-bond donors (Lipinski definition) is 2. The topological polar surface area (TPSA) is 125 Å². The van der Waals surface area contributed by atoms with Crippen molar-refractivity contribution < 1.29 is 9.53 Å². The molecule has 6 rings (SSSR count). The van der Waals surface area contributed by atoms with E-state index in [-0.39, 0.29) is 5.91 Å². The first-order valence-electron chi connectivity index (χ1n) is 10.1. The summed E-state index contributed by atoms with van der Waals surface area (Å²) in [7, 11) is 0. The maximum atomic E-state index is 12.1. The number of carbonyl (C=O) groups excluding carboxylic acids is 1. The first-order chi connectivity index (χ1) is 15.2. The smallest absolute Gasteiger partial charge is 0.229 e. The minimum atomic E-state index is -0.00545. The van der Waals surface area contributed by atoms with Gasteiger partial charge in [0.2, 0.25) is 11.9 Å². The molecule has 2 N–H and O–H groups in total. The molecule has 11 nitrogen and oxygen atoms in total. The van der Waals surface area contributed by atoms with Gasteiger partial charge in [-0.15, -0.1) is 5.10 Å². The van der Waals surface area contributed by atoms with Crippen molar-refractivity contribution in [2.75, 3.05) is 18.5 Å². The Hall–Kier alpha value is -4.02. The van der Waals surface area contributed by atoms with Gasteiger partial charge in [0.15, 0.2) is 11.2 Å². The molecule has 1 amide bonds. The number of benzene rings is 1. The minimum absolute atomic E-state index is 0.00545. The van der Waals surface area contributed by atoms with Gasteiger partial charge in [-0.25, -0.2) is 4.98 Å². The van der Waals surface area contributed by atoms with Crippen molar-refractivity contribution in [3.63, 3.8) is 0 Å². The van der Waals surface area contributed by atoms with Gasteiger partial charge in [0.25, 0.3) is 0 Å². The van der Waals surface area contributed by atoms with Crippen LogP contribution in [0.1, 0.15) is 19.3 Å². The fraction of sp³-hybridized carbons (Fsp3) is 0.300. The molecular formula is C20H21N9O2. The lowest BCUT2D eigenvalue weighted by Crippen LogP contribution is -2.25. The fourth-order valence-corrected chi connectivity index (χ4v) is 3.26. The van der Waals surface area contributed by atoms with Crippen molar-refractivity contribution in [2.45, 2.75) is 25.8 Å². The monoisotopic (exact) mass is 419 g/mol. The number of hydrogen-bond acceptors (Lipinski definition) is 8. The molecule has 158 valence electrons. The first kappa shape index (κ1) is 19.0. The van der Waals surface area contributed by atoms with Gasteiger partial charge in [-0.3, -0.25) is 9.48 Å². The Morgan fingerprint density at radius 1 is 1.10 bits per heavy atom. The van der Waals surface area contributed by atoms with E-state index in [4.69, 9.17) is 4.74 Å². The maximum absolute atomic E-state index is 12.1. The van der Waals surface area contributed by atoms with Crippen LogP contribution in [-0.4, -0.2) is 53.8 Å². The maximum Gasteiger partial charge on any atom is 0.229 e. The molecular weight excluding hydrogens is 398 g/mol. The summed E-state index contributed by atoms with van der Waals surface area (Å²) in [5, 5.41) is 18.8. The molecule has 0 saturated heterocycles. The zero-order valence-corrected chi connectivity index (χ0v) is 16.7. The number of carbonyl (C=O) groups is 1. The van der Waals surface area contributed by atoms with Crippen molar-refractivity contribution in [1.82, 2.24) is 40.1 Å². The van der Waals surface area contributed by atoms with E-state index >= 15 is 0 Å². The molecule has 0 aliphatic carbocycles. The molecule has 4 aromatic rings. The summed E-state index contributed by atoms with van der Waals surface area (Å²) in [5.41, 5.74) is 2.67. The number of nitrogens with one attached hydrogen (secondary N) is 2.